The Hall–Kier alpha value is -3.54. The minimum Gasteiger partial charge on any atom is -0.505 e. The number of rotatable bonds is 5. The van der Waals surface area contributed by atoms with E-state index in [2.05, 4.69) is 10.4 Å². The van der Waals surface area contributed by atoms with Crippen LogP contribution in [0.5, 0.6) is 5.75 Å². The second-order valence-corrected chi connectivity index (χ2v) is 9.40. The van der Waals surface area contributed by atoms with Crippen molar-refractivity contribution in [1.29, 1.82) is 0 Å². The van der Waals surface area contributed by atoms with Gasteiger partial charge in [-0.1, -0.05) is 12.1 Å². The van der Waals surface area contributed by atoms with Crippen LogP contribution >= 0.6 is 0 Å². The smallest absolute Gasteiger partial charge is 0.279 e. The van der Waals surface area contributed by atoms with Gasteiger partial charge in [0.05, 0.1) is 23.8 Å². The first kappa shape index (κ1) is 22.6. The van der Waals surface area contributed by atoms with Crippen LogP contribution in [0.1, 0.15) is 16.1 Å². The molecule has 1 aliphatic rings. The standard InChI is InChI=1S/C22H22N4O6S/c1-15-3-2-4-17(13-15)26-20(28)14-19(27)21(24-26)22(29)23-16-5-7-18(8-6-16)33(30,31)25-9-11-32-12-10-25/h2-8,13-14,27H,9-12H2,1H3,(H,23,29). The summed E-state index contributed by atoms with van der Waals surface area (Å²) in [6.45, 7) is 3.10. The summed E-state index contributed by atoms with van der Waals surface area (Å²) in [6, 6.07) is 13.6. The van der Waals surface area contributed by atoms with Crippen LogP contribution in [0, 0.1) is 6.92 Å². The number of aryl methyl sites for hydroxylation is 1. The molecule has 1 aromatic heterocycles. The number of sulfonamides is 1. The van der Waals surface area contributed by atoms with E-state index in [1.54, 1.807) is 18.2 Å². The fourth-order valence-electron chi connectivity index (χ4n) is 3.39. The molecule has 172 valence electrons. The summed E-state index contributed by atoms with van der Waals surface area (Å²) in [6.07, 6.45) is 0. The Morgan fingerprint density at radius 3 is 2.45 bits per heavy atom. The van der Waals surface area contributed by atoms with Gasteiger partial charge >= 0.3 is 0 Å². The number of carbonyl (C=O) groups is 1. The fourth-order valence-corrected chi connectivity index (χ4v) is 4.80. The average molecular weight is 471 g/mol. The summed E-state index contributed by atoms with van der Waals surface area (Å²) in [7, 11) is -3.66. The number of ether oxygens (including phenoxy) is 1. The van der Waals surface area contributed by atoms with Crippen molar-refractivity contribution in [1.82, 2.24) is 14.1 Å². The van der Waals surface area contributed by atoms with Gasteiger partial charge in [-0.25, -0.2) is 8.42 Å². The lowest BCUT2D eigenvalue weighted by atomic mass is 10.2. The molecule has 4 rings (SSSR count). The fraction of sp³-hybridized carbons (Fsp3) is 0.227. The molecule has 2 N–H and O–H groups in total. The van der Waals surface area contributed by atoms with Crippen LogP contribution in [-0.2, 0) is 14.8 Å². The molecule has 1 fully saturated rings. The van der Waals surface area contributed by atoms with E-state index in [1.165, 1.54) is 28.6 Å². The van der Waals surface area contributed by atoms with Crippen molar-refractivity contribution in [2.75, 3.05) is 31.6 Å². The van der Waals surface area contributed by atoms with Gasteiger partial charge in [-0.05, 0) is 48.9 Å². The van der Waals surface area contributed by atoms with Crippen LogP contribution < -0.4 is 10.9 Å². The van der Waals surface area contributed by atoms with Gasteiger partial charge in [0.1, 0.15) is 0 Å². The van der Waals surface area contributed by atoms with Gasteiger partial charge in [0.2, 0.25) is 10.0 Å². The zero-order valence-corrected chi connectivity index (χ0v) is 18.6. The van der Waals surface area contributed by atoms with E-state index in [-0.39, 0.29) is 23.7 Å². The van der Waals surface area contributed by atoms with E-state index in [1.807, 2.05) is 13.0 Å². The van der Waals surface area contributed by atoms with Gasteiger partial charge < -0.3 is 15.2 Å². The zero-order chi connectivity index (χ0) is 23.6. The first-order valence-corrected chi connectivity index (χ1v) is 11.6. The largest absolute Gasteiger partial charge is 0.505 e. The molecule has 3 aromatic rings. The summed E-state index contributed by atoms with van der Waals surface area (Å²) in [4.78, 5) is 25.1. The van der Waals surface area contributed by atoms with Crippen molar-refractivity contribution < 1.29 is 23.1 Å². The van der Waals surface area contributed by atoms with E-state index in [0.717, 1.165) is 16.3 Å². The lowest BCUT2D eigenvalue weighted by Gasteiger charge is -2.26. The average Bonchev–Trinajstić information content (AvgIpc) is 2.80. The molecule has 1 aliphatic heterocycles. The molecule has 0 aliphatic carbocycles. The molecule has 0 radical (unpaired) electrons. The Bertz CT molecular complexity index is 1350. The lowest BCUT2D eigenvalue weighted by molar-refractivity contribution is 0.0730. The maximum Gasteiger partial charge on any atom is 0.279 e. The lowest BCUT2D eigenvalue weighted by Crippen LogP contribution is -2.40. The second kappa shape index (κ2) is 9.14. The topological polar surface area (TPSA) is 131 Å². The van der Waals surface area contributed by atoms with E-state index >= 15 is 0 Å². The molecule has 0 spiro atoms. The van der Waals surface area contributed by atoms with Crippen molar-refractivity contribution >= 4 is 21.6 Å². The number of nitrogens with zero attached hydrogens (tertiary/aromatic N) is 3. The molecule has 11 heteroatoms. The summed E-state index contributed by atoms with van der Waals surface area (Å²) in [5.74, 6) is -1.31. The quantitative estimate of drug-likeness (QED) is 0.578. The second-order valence-electron chi connectivity index (χ2n) is 7.46. The molecule has 0 bridgehead atoms. The molecule has 0 saturated carbocycles. The summed E-state index contributed by atoms with van der Waals surface area (Å²) >= 11 is 0. The molecule has 0 atom stereocenters. The Balaban J connectivity index is 1.56. The highest BCUT2D eigenvalue weighted by atomic mass is 32.2. The number of aromatic nitrogens is 2. The predicted octanol–water partition coefficient (Wildman–Crippen LogP) is 1.52. The summed E-state index contributed by atoms with van der Waals surface area (Å²) in [5.41, 5.74) is 0.711. The molecular formula is C22H22N4O6S. The molecule has 2 aromatic carbocycles. The van der Waals surface area contributed by atoms with Crippen molar-refractivity contribution in [2.24, 2.45) is 0 Å². The van der Waals surface area contributed by atoms with Gasteiger partial charge in [0.25, 0.3) is 11.5 Å². The number of benzene rings is 2. The number of aromatic hydroxyl groups is 1. The van der Waals surface area contributed by atoms with Gasteiger partial charge in [0, 0.05) is 24.8 Å². The van der Waals surface area contributed by atoms with Gasteiger partial charge in [-0.2, -0.15) is 14.1 Å². The Kier molecular flexibility index (Phi) is 6.27. The van der Waals surface area contributed by atoms with Gasteiger partial charge in [-0.15, -0.1) is 0 Å². The minimum absolute atomic E-state index is 0.0939. The molecular weight excluding hydrogens is 448 g/mol. The van der Waals surface area contributed by atoms with Crippen molar-refractivity contribution in [3.63, 3.8) is 0 Å². The number of morpholine rings is 1. The van der Waals surface area contributed by atoms with Crippen LogP contribution in [0.15, 0.2) is 64.3 Å². The molecule has 1 saturated heterocycles. The van der Waals surface area contributed by atoms with Crippen molar-refractivity contribution in [3.05, 3.63) is 76.2 Å². The van der Waals surface area contributed by atoms with E-state index in [4.69, 9.17) is 4.74 Å². The highest BCUT2D eigenvalue weighted by Gasteiger charge is 2.26. The van der Waals surface area contributed by atoms with Crippen molar-refractivity contribution in [3.8, 4) is 11.4 Å². The van der Waals surface area contributed by atoms with E-state index < -0.39 is 27.2 Å². The maximum absolute atomic E-state index is 12.7. The number of nitrogens with one attached hydrogen (secondary N) is 1. The molecule has 33 heavy (non-hydrogen) atoms. The number of amides is 1. The number of hydrogen-bond acceptors (Lipinski definition) is 7. The highest BCUT2D eigenvalue weighted by molar-refractivity contribution is 7.89. The van der Waals surface area contributed by atoms with Gasteiger partial charge in [0.15, 0.2) is 11.4 Å². The Morgan fingerprint density at radius 2 is 1.79 bits per heavy atom. The van der Waals surface area contributed by atoms with Gasteiger partial charge in [-0.3, -0.25) is 9.59 Å². The third-order valence-electron chi connectivity index (χ3n) is 5.09. The number of hydrogen-bond donors (Lipinski definition) is 2. The normalized spacial score (nSPS) is 14.7. The van der Waals surface area contributed by atoms with E-state index in [9.17, 15) is 23.1 Å². The Morgan fingerprint density at radius 1 is 1.09 bits per heavy atom. The van der Waals surface area contributed by atoms with Crippen LogP contribution in [0.3, 0.4) is 0 Å². The molecule has 0 unspecified atom stereocenters. The van der Waals surface area contributed by atoms with Crippen LogP contribution in [0.2, 0.25) is 0 Å². The third-order valence-corrected chi connectivity index (χ3v) is 7.01. The number of anilines is 1. The number of carbonyl (C=O) groups excluding carboxylic acids is 1. The first-order valence-electron chi connectivity index (χ1n) is 10.2. The van der Waals surface area contributed by atoms with Crippen LogP contribution in [0.4, 0.5) is 5.69 Å². The minimum atomic E-state index is -3.66. The third kappa shape index (κ3) is 4.80. The van der Waals surface area contributed by atoms with Crippen LogP contribution in [0.25, 0.3) is 5.69 Å². The van der Waals surface area contributed by atoms with Crippen LogP contribution in [-0.4, -0.2) is 59.8 Å². The summed E-state index contributed by atoms with van der Waals surface area (Å²) < 4.78 is 33.0. The predicted molar refractivity (Wildman–Crippen MR) is 120 cm³/mol. The van der Waals surface area contributed by atoms with E-state index in [0.29, 0.717) is 24.6 Å². The zero-order valence-electron chi connectivity index (χ0n) is 17.8. The van der Waals surface area contributed by atoms with Crippen molar-refractivity contribution in [2.45, 2.75) is 11.8 Å². The Labute approximate surface area is 190 Å². The maximum atomic E-state index is 12.7. The monoisotopic (exact) mass is 470 g/mol. The SMILES string of the molecule is Cc1cccc(-n2nc(C(=O)Nc3ccc(S(=O)(=O)N4CCOCC4)cc3)c(O)cc2=O)c1. The summed E-state index contributed by atoms with van der Waals surface area (Å²) in [5, 5.41) is 16.7. The molecule has 1 amide bonds. The highest BCUT2D eigenvalue weighted by Crippen LogP contribution is 2.21. The molecule has 2 heterocycles. The molecule has 10 nitrogen and oxygen atoms in total. The first-order chi connectivity index (χ1) is 15.8.